The third-order valence-electron chi connectivity index (χ3n) is 3.74. The first kappa shape index (κ1) is 16.8. The zero-order valence-corrected chi connectivity index (χ0v) is 11.1. The SMILES string of the molecule is CCCCC(CC)(CO)C(O)CCC(O)CO. The lowest BCUT2D eigenvalue weighted by atomic mass is 9.74. The molecule has 0 spiro atoms. The Morgan fingerprint density at radius 1 is 1.06 bits per heavy atom. The van der Waals surface area contributed by atoms with Crippen LogP contribution < -0.4 is 0 Å². The predicted octanol–water partition coefficient (Wildman–Crippen LogP) is 1.06. The molecule has 0 saturated heterocycles. The summed E-state index contributed by atoms with van der Waals surface area (Å²) < 4.78 is 0. The molecule has 0 radical (unpaired) electrons. The van der Waals surface area contributed by atoms with E-state index in [2.05, 4.69) is 6.92 Å². The molecule has 3 atom stereocenters. The summed E-state index contributed by atoms with van der Waals surface area (Å²) in [5, 5.41) is 37.7. The van der Waals surface area contributed by atoms with E-state index in [0.717, 1.165) is 25.7 Å². The summed E-state index contributed by atoms with van der Waals surface area (Å²) in [6.45, 7) is 3.75. The van der Waals surface area contributed by atoms with Crippen molar-refractivity contribution in [3.63, 3.8) is 0 Å². The molecule has 0 aliphatic rings. The van der Waals surface area contributed by atoms with Crippen molar-refractivity contribution < 1.29 is 20.4 Å². The fraction of sp³-hybridized carbons (Fsp3) is 1.00. The molecule has 4 nitrogen and oxygen atoms in total. The average Bonchev–Trinajstić information content (AvgIpc) is 2.37. The lowest BCUT2D eigenvalue weighted by Crippen LogP contribution is -2.39. The highest BCUT2D eigenvalue weighted by molar-refractivity contribution is 4.85. The second kappa shape index (κ2) is 8.86. The molecular formula is C13H28O4. The topological polar surface area (TPSA) is 80.9 Å². The number of unbranched alkanes of at least 4 members (excludes halogenated alkanes) is 1. The molecule has 0 aromatic rings. The van der Waals surface area contributed by atoms with Crippen LogP contribution in [0.2, 0.25) is 0 Å². The van der Waals surface area contributed by atoms with Crippen LogP contribution >= 0.6 is 0 Å². The lowest BCUT2D eigenvalue weighted by Gasteiger charge is -2.36. The summed E-state index contributed by atoms with van der Waals surface area (Å²) in [7, 11) is 0. The largest absolute Gasteiger partial charge is 0.396 e. The molecule has 0 aliphatic heterocycles. The Bertz CT molecular complexity index is 180. The fourth-order valence-electron chi connectivity index (χ4n) is 2.15. The second-order valence-corrected chi connectivity index (χ2v) is 4.91. The molecule has 0 amide bonds. The van der Waals surface area contributed by atoms with Crippen LogP contribution in [0.3, 0.4) is 0 Å². The molecule has 0 fully saturated rings. The highest BCUT2D eigenvalue weighted by Gasteiger charge is 2.34. The zero-order valence-electron chi connectivity index (χ0n) is 11.1. The normalized spacial score (nSPS) is 18.7. The molecule has 17 heavy (non-hydrogen) atoms. The molecule has 0 aromatic carbocycles. The van der Waals surface area contributed by atoms with Crippen LogP contribution in [0.15, 0.2) is 0 Å². The molecule has 0 aromatic heterocycles. The molecule has 0 rings (SSSR count). The van der Waals surface area contributed by atoms with Gasteiger partial charge in [0.05, 0.1) is 25.4 Å². The van der Waals surface area contributed by atoms with Crippen molar-refractivity contribution in [3.05, 3.63) is 0 Å². The summed E-state index contributed by atoms with van der Waals surface area (Å²) in [5.41, 5.74) is -0.453. The van der Waals surface area contributed by atoms with E-state index in [-0.39, 0.29) is 13.2 Å². The van der Waals surface area contributed by atoms with E-state index in [4.69, 9.17) is 5.11 Å². The Hall–Kier alpha value is -0.160. The summed E-state index contributed by atoms with van der Waals surface area (Å²) in [5.74, 6) is 0. The standard InChI is InChI=1S/C13H28O4/c1-3-5-8-13(4-2,10-15)12(17)7-6-11(16)9-14/h11-12,14-17H,3-10H2,1-2H3. The number of rotatable bonds is 10. The van der Waals surface area contributed by atoms with Crippen LogP contribution in [-0.2, 0) is 0 Å². The second-order valence-electron chi connectivity index (χ2n) is 4.91. The maximum absolute atomic E-state index is 10.2. The molecule has 0 heterocycles. The molecular weight excluding hydrogens is 220 g/mol. The molecule has 104 valence electrons. The minimum absolute atomic E-state index is 0.0279. The monoisotopic (exact) mass is 248 g/mol. The lowest BCUT2D eigenvalue weighted by molar-refractivity contribution is -0.0408. The van der Waals surface area contributed by atoms with E-state index in [1.165, 1.54) is 0 Å². The Balaban J connectivity index is 4.35. The maximum Gasteiger partial charge on any atom is 0.0771 e. The van der Waals surface area contributed by atoms with Crippen LogP contribution in [-0.4, -0.2) is 45.8 Å². The van der Waals surface area contributed by atoms with Gasteiger partial charge in [-0.1, -0.05) is 26.7 Å². The number of hydrogen-bond acceptors (Lipinski definition) is 4. The Morgan fingerprint density at radius 3 is 2.12 bits per heavy atom. The first-order chi connectivity index (χ1) is 8.06. The van der Waals surface area contributed by atoms with Crippen LogP contribution in [0.5, 0.6) is 0 Å². The molecule has 0 aliphatic carbocycles. The van der Waals surface area contributed by atoms with Gasteiger partial charge in [0.2, 0.25) is 0 Å². The third-order valence-corrected chi connectivity index (χ3v) is 3.74. The van der Waals surface area contributed by atoms with Gasteiger partial charge in [-0.25, -0.2) is 0 Å². The highest BCUT2D eigenvalue weighted by atomic mass is 16.3. The molecule has 4 N–H and O–H groups in total. The van der Waals surface area contributed by atoms with Gasteiger partial charge in [0.1, 0.15) is 0 Å². The quantitative estimate of drug-likeness (QED) is 0.466. The van der Waals surface area contributed by atoms with E-state index in [0.29, 0.717) is 12.8 Å². The van der Waals surface area contributed by atoms with Crippen molar-refractivity contribution in [1.29, 1.82) is 0 Å². The van der Waals surface area contributed by atoms with E-state index >= 15 is 0 Å². The minimum atomic E-state index is -0.774. The first-order valence-corrected chi connectivity index (χ1v) is 6.64. The molecule has 0 saturated carbocycles. The number of hydrogen-bond donors (Lipinski definition) is 4. The van der Waals surface area contributed by atoms with E-state index in [9.17, 15) is 15.3 Å². The Morgan fingerprint density at radius 2 is 1.71 bits per heavy atom. The molecule has 0 bridgehead atoms. The van der Waals surface area contributed by atoms with Crippen molar-refractivity contribution in [2.24, 2.45) is 5.41 Å². The highest BCUT2D eigenvalue weighted by Crippen LogP contribution is 2.34. The average molecular weight is 248 g/mol. The summed E-state index contributed by atoms with van der Waals surface area (Å²) in [4.78, 5) is 0. The van der Waals surface area contributed by atoms with E-state index in [1.807, 2.05) is 6.92 Å². The van der Waals surface area contributed by atoms with Crippen LogP contribution in [0.25, 0.3) is 0 Å². The van der Waals surface area contributed by atoms with Gasteiger partial charge in [0.25, 0.3) is 0 Å². The third kappa shape index (κ3) is 5.34. The summed E-state index contributed by atoms with van der Waals surface area (Å²) in [6.07, 6.45) is 2.93. The number of aliphatic hydroxyl groups excluding tert-OH is 4. The van der Waals surface area contributed by atoms with Crippen molar-refractivity contribution in [3.8, 4) is 0 Å². The predicted molar refractivity (Wildman–Crippen MR) is 67.7 cm³/mol. The van der Waals surface area contributed by atoms with Gasteiger partial charge in [-0.3, -0.25) is 0 Å². The van der Waals surface area contributed by atoms with Crippen molar-refractivity contribution in [1.82, 2.24) is 0 Å². The first-order valence-electron chi connectivity index (χ1n) is 6.64. The van der Waals surface area contributed by atoms with Crippen molar-refractivity contribution in [2.45, 2.75) is 64.6 Å². The van der Waals surface area contributed by atoms with Crippen LogP contribution in [0.1, 0.15) is 52.4 Å². The zero-order chi connectivity index (χ0) is 13.3. The minimum Gasteiger partial charge on any atom is -0.396 e. The van der Waals surface area contributed by atoms with Crippen LogP contribution in [0, 0.1) is 5.41 Å². The Kier molecular flexibility index (Phi) is 8.78. The van der Waals surface area contributed by atoms with Gasteiger partial charge in [-0.15, -0.1) is 0 Å². The Labute approximate surface area is 104 Å². The summed E-state index contributed by atoms with van der Waals surface area (Å²) >= 11 is 0. The smallest absolute Gasteiger partial charge is 0.0771 e. The van der Waals surface area contributed by atoms with Gasteiger partial charge >= 0.3 is 0 Å². The fourth-order valence-corrected chi connectivity index (χ4v) is 2.15. The number of aliphatic hydroxyl groups is 4. The van der Waals surface area contributed by atoms with Gasteiger partial charge in [0, 0.05) is 5.41 Å². The van der Waals surface area contributed by atoms with E-state index < -0.39 is 17.6 Å². The van der Waals surface area contributed by atoms with Crippen molar-refractivity contribution >= 4 is 0 Å². The van der Waals surface area contributed by atoms with Crippen LogP contribution in [0.4, 0.5) is 0 Å². The van der Waals surface area contributed by atoms with Gasteiger partial charge in [0.15, 0.2) is 0 Å². The van der Waals surface area contributed by atoms with Gasteiger partial charge < -0.3 is 20.4 Å². The summed E-state index contributed by atoms with van der Waals surface area (Å²) in [6, 6.07) is 0. The molecule has 3 unspecified atom stereocenters. The van der Waals surface area contributed by atoms with Crippen molar-refractivity contribution in [2.75, 3.05) is 13.2 Å². The van der Waals surface area contributed by atoms with Gasteiger partial charge in [-0.05, 0) is 25.7 Å². The van der Waals surface area contributed by atoms with Gasteiger partial charge in [-0.2, -0.15) is 0 Å². The maximum atomic E-state index is 10.2. The molecule has 4 heteroatoms. The van der Waals surface area contributed by atoms with E-state index in [1.54, 1.807) is 0 Å².